The average molecular weight is 276 g/mol. The summed E-state index contributed by atoms with van der Waals surface area (Å²) in [6.07, 6.45) is 2.52. The Labute approximate surface area is 113 Å². The fourth-order valence-corrected chi connectivity index (χ4v) is 2.84. The lowest BCUT2D eigenvalue weighted by Gasteiger charge is -1.95. The highest BCUT2D eigenvalue weighted by molar-refractivity contribution is 7.15. The fourth-order valence-electron chi connectivity index (χ4n) is 1.93. The molecule has 0 amide bonds. The number of hydrogen-bond acceptors (Lipinski definition) is 4. The van der Waals surface area contributed by atoms with Gasteiger partial charge in [-0.15, -0.1) is 11.3 Å². The highest BCUT2D eigenvalue weighted by Gasteiger charge is 2.12. The van der Waals surface area contributed by atoms with E-state index in [2.05, 4.69) is 4.98 Å². The minimum atomic E-state index is -0.790. The van der Waals surface area contributed by atoms with E-state index < -0.39 is 5.97 Å². The van der Waals surface area contributed by atoms with Gasteiger partial charge in [-0.3, -0.25) is 9.20 Å². The summed E-state index contributed by atoms with van der Waals surface area (Å²) in [5.41, 5.74) is 1.74. The van der Waals surface area contributed by atoms with E-state index in [0.717, 1.165) is 27.9 Å². The first kappa shape index (κ1) is 12.0. The summed E-state index contributed by atoms with van der Waals surface area (Å²) in [5, 5.41) is 10.7. The molecule has 3 aromatic heterocycles. The maximum Gasteiger partial charge on any atom is 0.303 e. The zero-order valence-electron chi connectivity index (χ0n) is 10.3. The number of fused-ring (bicyclic) bond motifs is 1. The second kappa shape index (κ2) is 4.55. The molecule has 0 aliphatic heterocycles. The van der Waals surface area contributed by atoms with Crippen molar-refractivity contribution in [3.05, 3.63) is 35.2 Å². The molecule has 0 unspecified atom stereocenters. The van der Waals surface area contributed by atoms with Crippen molar-refractivity contribution in [2.75, 3.05) is 0 Å². The van der Waals surface area contributed by atoms with Gasteiger partial charge in [0, 0.05) is 17.3 Å². The van der Waals surface area contributed by atoms with Gasteiger partial charge < -0.3 is 9.52 Å². The van der Waals surface area contributed by atoms with Crippen LogP contribution in [-0.2, 0) is 11.2 Å². The number of thiazole rings is 1. The van der Waals surface area contributed by atoms with E-state index in [0.29, 0.717) is 6.42 Å². The van der Waals surface area contributed by atoms with E-state index in [9.17, 15) is 4.79 Å². The minimum absolute atomic E-state index is 0.124. The van der Waals surface area contributed by atoms with Crippen LogP contribution in [-0.4, -0.2) is 20.5 Å². The second-order valence-corrected chi connectivity index (χ2v) is 5.15. The molecule has 0 atom stereocenters. The number of furan rings is 1. The monoisotopic (exact) mass is 276 g/mol. The van der Waals surface area contributed by atoms with Crippen molar-refractivity contribution in [3.63, 3.8) is 0 Å². The zero-order chi connectivity index (χ0) is 13.4. The first-order chi connectivity index (χ1) is 9.13. The number of carbonyl (C=O) groups is 1. The molecule has 0 aliphatic carbocycles. The third-order valence-corrected chi connectivity index (χ3v) is 3.76. The van der Waals surface area contributed by atoms with Crippen molar-refractivity contribution >= 4 is 22.3 Å². The van der Waals surface area contributed by atoms with Crippen molar-refractivity contribution in [3.8, 4) is 11.5 Å². The van der Waals surface area contributed by atoms with Crippen LogP contribution in [0.5, 0.6) is 0 Å². The third kappa shape index (κ3) is 2.26. The molecule has 3 rings (SSSR count). The van der Waals surface area contributed by atoms with Crippen LogP contribution in [0, 0.1) is 6.92 Å². The molecule has 6 heteroatoms. The van der Waals surface area contributed by atoms with E-state index >= 15 is 0 Å². The molecule has 3 heterocycles. The van der Waals surface area contributed by atoms with Crippen LogP contribution in [0.1, 0.15) is 17.9 Å². The van der Waals surface area contributed by atoms with Crippen LogP contribution in [0.25, 0.3) is 16.4 Å². The van der Waals surface area contributed by atoms with Crippen molar-refractivity contribution < 1.29 is 14.3 Å². The first-order valence-corrected chi connectivity index (χ1v) is 6.75. The average Bonchev–Trinajstić information content (AvgIpc) is 3.00. The Morgan fingerprint density at radius 2 is 2.37 bits per heavy atom. The molecule has 0 aromatic carbocycles. The number of nitrogens with zero attached hydrogens (tertiary/aromatic N) is 2. The summed E-state index contributed by atoms with van der Waals surface area (Å²) in [5.74, 6) is 0.788. The van der Waals surface area contributed by atoms with Gasteiger partial charge in [0.15, 0.2) is 10.7 Å². The number of aryl methyl sites for hydroxylation is 2. The lowest BCUT2D eigenvalue weighted by atomic mass is 10.2. The standard InChI is InChI=1S/C13H12N2O3S/c1-8-2-4-11(18-8)10-6-15-9(3-5-12(16)17)7-19-13(15)14-10/h2,4,6-7H,3,5H2,1H3,(H,16,17). The van der Waals surface area contributed by atoms with Crippen LogP contribution in [0.3, 0.4) is 0 Å². The van der Waals surface area contributed by atoms with Crippen molar-refractivity contribution in [1.29, 1.82) is 0 Å². The van der Waals surface area contributed by atoms with Crippen LogP contribution >= 0.6 is 11.3 Å². The quantitative estimate of drug-likeness (QED) is 0.795. The lowest BCUT2D eigenvalue weighted by Crippen LogP contribution is -1.99. The topological polar surface area (TPSA) is 67.7 Å². The number of aliphatic carboxylic acids is 1. The number of aromatic nitrogens is 2. The predicted octanol–water partition coefficient (Wildman–Crippen LogP) is 2.98. The van der Waals surface area contributed by atoms with E-state index in [1.807, 2.05) is 35.0 Å². The third-order valence-electron chi connectivity index (χ3n) is 2.87. The number of carboxylic acid groups (broad SMARTS) is 1. The summed E-state index contributed by atoms with van der Waals surface area (Å²) in [4.78, 5) is 16.0. The molecule has 1 N–H and O–H groups in total. The second-order valence-electron chi connectivity index (χ2n) is 4.31. The molecular weight excluding hydrogens is 264 g/mol. The molecule has 0 spiro atoms. The summed E-state index contributed by atoms with van der Waals surface area (Å²) in [6.45, 7) is 1.89. The molecule has 19 heavy (non-hydrogen) atoms. The predicted molar refractivity (Wildman–Crippen MR) is 71.5 cm³/mol. The first-order valence-electron chi connectivity index (χ1n) is 5.87. The molecule has 0 saturated heterocycles. The van der Waals surface area contributed by atoms with Gasteiger partial charge >= 0.3 is 5.97 Å². The van der Waals surface area contributed by atoms with Crippen LogP contribution < -0.4 is 0 Å². The van der Waals surface area contributed by atoms with Gasteiger partial charge in [0.05, 0.1) is 6.42 Å². The molecular formula is C13H12N2O3S. The Bertz CT molecular complexity index is 738. The molecule has 0 saturated carbocycles. The van der Waals surface area contributed by atoms with Gasteiger partial charge in [0.25, 0.3) is 0 Å². The molecule has 98 valence electrons. The maximum atomic E-state index is 10.6. The van der Waals surface area contributed by atoms with Crippen molar-refractivity contribution in [2.24, 2.45) is 0 Å². The Balaban J connectivity index is 1.95. The van der Waals surface area contributed by atoms with Crippen molar-refractivity contribution in [1.82, 2.24) is 9.38 Å². The molecule has 0 bridgehead atoms. The molecule has 0 fully saturated rings. The van der Waals surface area contributed by atoms with Gasteiger partial charge in [0.2, 0.25) is 0 Å². The van der Waals surface area contributed by atoms with Crippen LogP contribution in [0.2, 0.25) is 0 Å². The Morgan fingerprint density at radius 1 is 1.53 bits per heavy atom. The fraction of sp³-hybridized carbons (Fsp3) is 0.231. The van der Waals surface area contributed by atoms with E-state index in [1.54, 1.807) is 0 Å². The highest BCUT2D eigenvalue weighted by atomic mass is 32.1. The van der Waals surface area contributed by atoms with E-state index in [1.165, 1.54) is 11.3 Å². The maximum absolute atomic E-state index is 10.6. The Kier molecular flexibility index (Phi) is 2.87. The van der Waals surface area contributed by atoms with E-state index in [-0.39, 0.29) is 6.42 Å². The molecule has 0 radical (unpaired) electrons. The number of rotatable bonds is 4. The Morgan fingerprint density at radius 3 is 3.05 bits per heavy atom. The number of carboxylic acids is 1. The largest absolute Gasteiger partial charge is 0.481 e. The summed E-state index contributed by atoms with van der Waals surface area (Å²) >= 11 is 1.51. The van der Waals surface area contributed by atoms with Crippen LogP contribution in [0.15, 0.2) is 28.1 Å². The molecule has 5 nitrogen and oxygen atoms in total. The van der Waals surface area contributed by atoms with E-state index in [4.69, 9.17) is 9.52 Å². The molecule has 0 aliphatic rings. The smallest absolute Gasteiger partial charge is 0.303 e. The van der Waals surface area contributed by atoms with Gasteiger partial charge in [-0.25, -0.2) is 4.98 Å². The summed E-state index contributed by atoms with van der Waals surface area (Å²) < 4.78 is 7.47. The SMILES string of the molecule is Cc1ccc(-c2cn3c(CCC(=O)O)csc3n2)o1. The minimum Gasteiger partial charge on any atom is -0.481 e. The number of hydrogen-bond donors (Lipinski definition) is 1. The highest BCUT2D eigenvalue weighted by Crippen LogP contribution is 2.25. The summed E-state index contributed by atoms with van der Waals surface area (Å²) in [6, 6.07) is 3.78. The van der Waals surface area contributed by atoms with Gasteiger partial charge in [-0.1, -0.05) is 0 Å². The van der Waals surface area contributed by atoms with Gasteiger partial charge in [-0.2, -0.15) is 0 Å². The van der Waals surface area contributed by atoms with Gasteiger partial charge in [-0.05, 0) is 25.5 Å². The number of imidazole rings is 1. The lowest BCUT2D eigenvalue weighted by molar-refractivity contribution is -0.136. The Hall–Kier alpha value is -2.08. The normalized spacial score (nSPS) is 11.2. The van der Waals surface area contributed by atoms with Crippen LogP contribution in [0.4, 0.5) is 0 Å². The molecule has 3 aromatic rings. The van der Waals surface area contributed by atoms with Gasteiger partial charge in [0.1, 0.15) is 11.5 Å². The zero-order valence-corrected chi connectivity index (χ0v) is 11.1. The summed E-state index contributed by atoms with van der Waals surface area (Å²) in [7, 11) is 0. The van der Waals surface area contributed by atoms with Crippen molar-refractivity contribution in [2.45, 2.75) is 19.8 Å².